The number of imidazole rings is 1. The van der Waals surface area contributed by atoms with Crippen LogP contribution in [0.5, 0.6) is 5.75 Å². The van der Waals surface area contributed by atoms with Gasteiger partial charge in [0.1, 0.15) is 18.2 Å². The van der Waals surface area contributed by atoms with Crippen LogP contribution in [0.15, 0.2) is 85.5 Å². The molecule has 0 aliphatic carbocycles. The summed E-state index contributed by atoms with van der Waals surface area (Å²) in [6, 6.07) is 24.8. The molecule has 0 radical (unpaired) electrons. The molecule has 1 fully saturated rings. The van der Waals surface area contributed by atoms with E-state index in [1.54, 1.807) is 0 Å². The van der Waals surface area contributed by atoms with Gasteiger partial charge < -0.3 is 14.2 Å². The maximum absolute atomic E-state index is 13.1. The molecule has 0 spiro atoms. The molecule has 0 saturated carbocycles. The van der Waals surface area contributed by atoms with Crippen LogP contribution in [0, 0.1) is 0 Å². The molecule has 190 valence electrons. The molecule has 1 unspecified atom stereocenters. The number of aryl methyl sites for hydroxylation is 1. The number of nitrogens with zero attached hydrogens (tertiary/aromatic N) is 3. The van der Waals surface area contributed by atoms with E-state index in [-0.39, 0.29) is 11.8 Å². The first-order valence-electron chi connectivity index (χ1n) is 13.3. The van der Waals surface area contributed by atoms with Crippen molar-refractivity contribution in [3.63, 3.8) is 0 Å². The van der Waals surface area contributed by atoms with Gasteiger partial charge in [-0.1, -0.05) is 61.9 Å². The average Bonchev–Trinajstić information content (AvgIpc) is 3.49. The molecule has 1 saturated heterocycles. The Morgan fingerprint density at radius 2 is 1.84 bits per heavy atom. The third-order valence-corrected chi connectivity index (χ3v) is 7.15. The summed E-state index contributed by atoms with van der Waals surface area (Å²) in [5.74, 6) is 2.03. The van der Waals surface area contributed by atoms with Gasteiger partial charge in [-0.15, -0.1) is 6.58 Å². The fourth-order valence-electron chi connectivity index (χ4n) is 5.21. The number of carbonyl (C=O) groups excluding carboxylic acids is 1. The number of ether oxygens (including phenoxy) is 1. The Bertz CT molecular complexity index is 1370. The number of hydrogen-bond donors (Lipinski definition) is 0. The molecule has 5 heteroatoms. The topological polar surface area (TPSA) is 47.4 Å². The number of fused-ring (bicyclic) bond motifs is 1. The van der Waals surface area contributed by atoms with Crippen molar-refractivity contribution in [2.45, 2.75) is 51.5 Å². The van der Waals surface area contributed by atoms with Crippen LogP contribution in [0.2, 0.25) is 0 Å². The zero-order valence-corrected chi connectivity index (χ0v) is 21.6. The normalized spacial score (nSPS) is 15.4. The number of para-hydroxylation sites is 3. The van der Waals surface area contributed by atoms with Crippen molar-refractivity contribution in [2.75, 3.05) is 18.1 Å². The summed E-state index contributed by atoms with van der Waals surface area (Å²) in [5.41, 5.74) is 5.45. The highest BCUT2D eigenvalue weighted by molar-refractivity contribution is 5.96. The fourth-order valence-corrected chi connectivity index (χ4v) is 5.21. The van der Waals surface area contributed by atoms with E-state index >= 15 is 0 Å². The number of unbranched alkanes of at least 4 members (excludes halogenated alkanes) is 1. The summed E-state index contributed by atoms with van der Waals surface area (Å²) in [4.78, 5) is 20.0. The number of allylic oxidation sites excluding steroid dienone is 1. The van der Waals surface area contributed by atoms with E-state index < -0.39 is 0 Å². The Labute approximate surface area is 219 Å². The average molecular weight is 494 g/mol. The van der Waals surface area contributed by atoms with Crippen molar-refractivity contribution in [3.8, 4) is 5.75 Å². The monoisotopic (exact) mass is 493 g/mol. The van der Waals surface area contributed by atoms with Gasteiger partial charge in [-0.25, -0.2) is 4.98 Å². The molecule has 1 aromatic heterocycles. The van der Waals surface area contributed by atoms with Gasteiger partial charge in [0.2, 0.25) is 5.91 Å². The van der Waals surface area contributed by atoms with E-state index in [1.807, 2.05) is 47.4 Å². The van der Waals surface area contributed by atoms with Gasteiger partial charge in [0, 0.05) is 24.6 Å². The molecular formula is C32H35N3O2. The predicted octanol–water partition coefficient (Wildman–Crippen LogP) is 6.71. The summed E-state index contributed by atoms with van der Waals surface area (Å²) in [5, 5.41) is 0. The number of amides is 1. The van der Waals surface area contributed by atoms with Gasteiger partial charge >= 0.3 is 0 Å². The largest absolute Gasteiger partial charge is 0.491 e. The predicted molar refractivity (Wildman–Crippen MR) is 150 cm³/mol. The maximum atomic E-state index is 13.1. The highest BCUT2D eigenvalue weighted by atomic mass is 16.5. The SMILES string of the molecule is C=CCc1ccccc1OCCn1c(C2CC(=O)N(c3ccc(CCCC)cc3)C2)nc2ccccc21. The Kier molecular flexibility index (Phi) is 7.69. The van der Waals surface area contributed by atoms with Crippen LogP contribution >= 0.6 is 0 Å². The van der Waals surface area contributed by atoms with Crippen LogP contribution < -0.4 is 9.64 Å². The summed E-state index contributed by atoms with van der Waals surface area (Å²) < 4.78 is 8.44. The van der Waals surface area contributed by atoms with Crippen LogP contribution in [0.25, 0.3) is 11.0 Å². The fraction of sp³-hybridized carbons (Fsp3) is 0.312. The van der Waals surface area contributed by atoms with E-state index in [9.17, 15) is 4.79 Å². The third kappa shape index (κ3) is 5.46. The van der Waals surface area contributed by atoms with Gasteiger partial charge in [0.05, 0.1) is 17.6 Å². The van der Waals surface area contributed by atoms with Gasteiger partial charge in [-0.05, 0) is 60.7 Å². The zero-order chi connectivity index (χ0) is 25.6. The van der Waals surface area contributed by atoms with Crippen molar-refractivity contribution in [3.05, 3.63) is 102 Å². The highest BCUT2D eigenvalue weighted by Gasteiger charge is 2.34. The van der Waals surface area contributed by atoms with Crippen molar-refractivity contribution >= 4 is 22.6 Å². The molecule has 1 aliphatic heterocycles. The minimum absolute atomic E-state index is 0.0349. The lowest BCUT2D eigenvalue weighted by Gasteiger charge is -2.18. The molecule has 1 aliphatic rings. The second kappa shape index (κ2) is 11.5. The molecule has 5 nitrogen and oxygen atoms in total. The van der Waals surface area contributed by atoms with Crippen LogP contribution in [0.3, 0.4) is 0 Å². The number of aromatic nitrogens is 2. The Balaban J connectivity index is 1.35. The summed E-state index contributed by atoms with van der Waals surface area (Å²) >= 11 is 0. The summed E-state index contributed by atoms with van der Waals surface area (Å²) in [7, 11) is 0. The molecule has 3 aromatic carbocycles. The van der Waals surface area contributed by atoms with Crippen LogP contribution in [-0.2, 0) is 24.2 Å². The molecule has 1 amide bonds. The number of rotatable bonds is 11. The minimum atomic E-state index is 0.0349. The van der Waals surface area contributed by atoms with E-state index in [1.165, 1.54) is 18.4 Å². The smallest absolute Gasteiger partial charge is 0.227 e. The first-order chi connectivity index (χ1) is 18.2. The van der Waals surface area contributed by atoms with Crippen LogP contribution in [-0.4, -0.2) is 28.6 Å². The molecule has 4 aromatic rings. The minimum Gasteiger partial charge on any atom is -0.491 e. The number of benzene rings is 3. The molecular weight excluding hydrogens is 458 g/mol. The van der Waals surface area contributed by atoms with E-state index in [0.29, 0.717) is 26.1 Å². The second-order valence-corrected chi connectivity index (χ2v) is 9.73. The standard InChI is InChI=1S/C32H35N3O2/c1-3-5-11-24-16-18-27(19-17-24)35-23-26(22-31(35)36)32-33-28-13-7-8-14-29(28)34(32)20-21-37-30-15-9-6-12-25(30)10-4-2/h4,6-9,12-19,26H,2-3,5,10-11,20-23H2,1H3. The van der Waals surface area contributed by atoms with Crippen molar-refractivity contribution < 1.29 is 9.53 Å². The van der Waals surface area contributed by atoms with Crippen LogP contribution in [0.1, 0.15) is 49.1 Å². The third-order valence-electron chi connectivity index (χ3n) is 7.15. The number of hydrogen-bond acceptors (Lipinski definition) is 3. The lowest BCUT2D eigenvalue weighted by atomic mass is 10.1. The summed E-state index contributed by atoms with van der Waals surface area (Å²) in [6.07, 6.45) is 6.58. The second-order valence-electron chi connectivity index (χ2n) is 9.73. The first kappa shape index (κ1) is 24.8. The number of anilines is 1. The molecule has 0 bridgehead atoms. The zero-order valence-electron chi connectivity index (χ0n) is 21.6. The van der Waals surface area contributed by atoms with E-state index in [0.717, 1.165) is 46.7 Å². The Morgan fingerprint density at radius 1 is 1.05 bits per heavy atom. The lowest BCUT2D eigenvalue weighted by molar-refractivity contribution is -0.117. The lowest BCUT2D eigenvalue weighted by Crippen LogP contribution is -2.24. The molecule has 1 atom stereocenters. The van der Waals surface area contributed by atoms with Gasteiger partial charge in [-0.3, -0.25) is 4.79 Å². The van der Waals surface area contributed by atoms with E-state index in [2.05, 4.69) is 54.5 Å². The Hall–Kier alpha value is -3.86. The van der Waals surface area contributed by atoms with Crippen molar-refractivity contribution in [2.24, 2.45) is 0 Å². The van der Waals surface area contributed by atoms with Crippen molar-refractivity contribution in [1.82, 2.24) is 9.55 Å². The molecule has 2 heterocycles. The number of carbonyl (C=O) groups is 1. The molecule has 0 N–H and O–H groups in total. The Morgan fingerprint density at radius 3 is 2.65 bits per heavy atom. The molecule has 37 heavy (non-hydrogen) atoms. The summed E-state index contributed by atoms with van der Waals surface area (Å²) in [6.45, 7) is 7.88. The first-order valence-corrected chi connectivity index (χ1v) is 13.3. The van der Waals surface area contributed by atoms with Gasteiger partial charge in [0.25, 0.3) is 0 Å². The van der Waals surface area contributed by atoms with E-state index in [4.69, 9.17) is 9.72 Å². The van der Waals surface area contributed by atoms with Crippen LogP contribution in [0.4, 0.5) is 5.69 Å². The van der Waals surface area contributed by atoms with Gasteiger partial charge in [-0.2, -0.15) is 0 Å². The highest BCUT2D eigenvalue weighted by Crippen LogP contribution is 2.33. The maximum Gasteiger partial charge on any atom is 0.227 e. The van der Waals surface area contributed by atoms with Crippen molar-refractivity contribution in [1.29, 1.82) is 0 Å². The van der Waals surface area contributed by atoms with Gasteiger partial charge in [0.15, 0.2) is 0 Å². The quantitative estimate of drug-likeness (QED) is 0.218. The molecule has 5 rings (SSSR count).